The lowest BCUT2D eigenvalue weighted by Crippen LogP contribution is -2.28. The van der Waals surface area contributed by atoms with Crippen LogP contribution in [0.2, 0.25) is 4.34 Å². The van der Waals surface area contributed by atoms with Crippen molar-refractivity contribution in [3.63, 3.8) is 0 Å². The van der Waals surface area contributed by atoms with E-state index in [1.54, 1.807) is 37.4 Å². The number of carbonyl (C=O) groups excluding carboxylic acids is 1. The average molecular weight is 435 g/mol. The van der Waals surface area contributed by atoms with Crippen LogP contribution in [0.1, 0.15) is 23.7 Å². The van der Waals surface area contributed by atoms with Crippen LogP contribution in [0.4, 0.5) is 0 Å². The number of amides is 1. The maximum Gasteiger partial charge on any atom is 0.251 e. The minimum atomic E-state index is -0.271. The number of aromatic nitrogens is 1. The summed E-state index contributed by atoms with van der Waals surface area (Å²) in [5, 5.41) is 3.51. The van der Waals surface area contributed by atoms with Crippen molar-refractivity contribution in [3.05, 3.63) is 57.8 Å². The van der Waals surface area contributed by atoms with Crippen LogP contribution in [0.3, 0.4) is 0 Å². The lowest BCUT2D eigenvalue weighted by atomic mass is 10.1. The zero-order valence-electron chi connectivity index (χ0n) is 16.0. The van der Waals surface area contributed by atoms with E-state index in [0.29, 0.717) is 45.3 Å². The fraction of sp³-hybridized carbons (Fsp3) is 0.300. The molecule has 1 aliphatic rings. The van der Waals surface area contributed by atoms with Crippen molar-refractivity contribution >= 4 is 28.8 Å². The third-order valence-corrected chi connectivity index (χ3v) is 5.26. The van der Waals surface area contributed by atoms with Gasteiger partial charge in [-0.1, -0.05) is 11.6 Å². The molecule has 154 valence electrons. The minimum absolute atomic E-state index is 0.0362. The van der Waals surface area contributed by atoms with E-state index in [2.05, 4.69) is 10.3 Å². The summed E-state index contributed by atoms with van der Waals surface area (Å²) in [6.07, 6.45) is 5.70. The first kappa shape index (κ1) is 21.2. The molecule has 0 unspecified atom stereocenters. The van der Waals surface area contributed by atoms with E-state index in [1.165, 1.54) is 11.3 Å². The third-order valence-electron chi connectivity index (χ3n) is 4.10. The van der Waals surface area contributed by atoms with Gasteiger partial charge in [0, 0.05) is 28.9 Å². The summed E-state index contributed by atoms with van der Waals surface area (Å²) in [4.78, 5) is 17.0. The predicted octanol–water partition coefficient (Wildman–Crippen LogP) is 3.07. The van der Waals surface area contributed by atoms with Crippen LogP contribution in [0, 0.1) is 0 Å². The molecule has 0 bridgehead atoms. The fourth-order valence-electron chi connectivity index (χ4n) is 2.69. The highest BCUT2D eigenvalue weighted by Crippen LogP contribution is 2.32. The quantitative estimate of drug-likeness (QED) is 0.577. The summed E-state index contributed by atoms with van der Waals surface area (Å²) < 4.78 is 11.9. The highest BCUT2D eigenvalue weighted by Gasteiger charge is 2.19. The van der Waals surface area contributed by atoms with Crippen LogP contribution in [0.5, 0.6) is 5.75 Å². The molecule has 5 N–H and O–H groups in total. The molecular weight excluding hydrogens is 412 g/mol. The second-order valence-electron chi connectivity index (χ2n) is 6.65. The summed E-state index contributed by atoms with van der Waals surface area (Å²) in [6.45, 7) is 3.16. The number of nitrogens with two attached hydrogens (primary N) is 2. The first-order chi connectivity index (χ1) is 13.9. The number of allylic oxidation sites excluding steroid dienone is 3. The Morgan fingerprint density at radius 2 is 2.24 bits per heavy atom. The zero-order valence-corrected chi connectivity index (χ0v) is 17.6. The van der Waals surface area contributed by atoms with Gasteiger partial charge in [-0.15, -0.1) is 11.3 Å². The van der Waals surface area contributed by atoms with Crippen LogP contribution in [-0.2, 0) is 4.74 Å². The molecule has 1 atom stereocenters. The van der Waals surface area contributed by atoms with Gasteiger partial charge in [-0.3, -0.25) is 4.79 Å². The van der Waals surface area contributed by atoms with E-state index in [-0.39, 0.29) is 18.6 Å². The van der Waals surface area contributed by atoms with Crippen LogP contribution in [0.25, 0.3) is 10.6 Å². The van der Waals surface area contributed by atoms with Crippen LogP contribution < -0.4 is 21.5 Å². The fourth-order valence-corrected chi connectivity index (χ4v) is 3.59. The number of halogens is 1. The molecule has 1 saturated heterocycles. The van der Waals surface area contributed by atoms with Crippen LogP contribution in [0.15, 0.2) is 47.9 Å². The maximum atomic E-state index is 12.7. The molecule has 0 spiro atoms. The Morgan fingerprint density at radius 1 is 1.41 bits per heavy atom. The van der Waals surface area contributed by atoms with E-state index in [0.717, 1.165) is 12.0 Å². The lowest BCUT2D eigenvalue weighted by Gasteiger charge is -2.14. The van der Waals surface area contributed by atoms with Crippen molar-refractivity contribution in [2.24, 2.45) is 11.5 Å². The second kappa shape index (κ2) is 9.78. The monoisotopic (exact) mass is 434 g/mol. The van der Waals surface area contributed by atoms with Gasteiger partial charge in [-0.2, -0.15) is 0 Å². The van der Waals surface area contributed by atoms with Crippen molar-refractivity contribution in [2.45, 2.75) is 19.4 Å². The van der Waals surface area contributed by atoms with E-state index in [9.17, 15) is 4.79 Å². The molecule has 0 radical (unpaired) electrons. The van der Waals surface area contributed by atoms with E-state index < -0.39 is 0 Å². The first-order valence-corrected chi connectivity index (χ1v) is 10.3. The maximum absolute atomic E-state index is 12.7. The first-order valence-electron chi connectivity index (χ1n) is 9.08. The summed E-state index contributed by atoms with van der Waals surface area (Å²) in [5.74, 6) is 0.312. The highest BCUT2D eigenvalue weighted by atomic mass is 35.5. The molecule has 1 aliphatic heterocycles. The smallest absolute Gasteiger partial charge is 0.251 e. The largest absolute Gasteiger partial charge is 0.488 e. The Hall–Kier alpha value is -2.55. The Kier molecular flexibility index (Phi) is 7.13. The molecule has 2 aromatic rings. The molecule has 0 aliphatic carbocycles. The van der Waals surface area contributed by atoms with Gasteiger partial charge in [0.2, 0.25) is 0 Å². The molecule has 2 heterocycles. The highest BCUT2D eigenvalue weighted by molar-refractivity contribution is 7.18. The van der Waals surface area contributed by atoms with Crippen molar-refractivity contribution in [1.82, 2.24) is 10.3 Å². The second-order valence-corrected chi connectivity index (χ2v) is 8.32. The number of hydrogen-bond acceptors (Lipinski definition) is 7. The predicted molar refractivity (Wildman–Crippen MR) is 115 cm³/mol. The summed E-state index contributed by atoms with van der Waals surface area (Å²) in [5.41, 5.74) is 13.8. The van der Waals surface area contributed by atoms with Gasteiger partial charge in [-0.05, 0) is 37.3 Å². The van der Waals surface area contributed by atoms with Crippen molar-refractivity contribution in [1.29, 1.82) is 0 Å². The molecule has 1 amide bonds. The number of carbonyl (C=O) groups is 1. The molecule has 0 saturated carbocycles. The van der Waals surface area contributed by atoms with Gasteiger partial charge in [0.05, 0.1) is 26.0 Å². The lowest BCUT2D eigenvalue weighted by molar-refractivity contribution is 0.0955. The SMILES string of the molecule is C/C(N)=C/C=C(\N)CNC(=O)c1cc(O[C@@H]2CCOC2)cc(-c2ncc(Cl)s2)c1. The van der Waals surface area contributed by atoms with Crippen LogP contribution in [-0.4, -0.2) is 36.8 Å². The molecule has 7 nitrogen and oxygen atoms in total. The number of nitrogens with one attached hydrogen (secondary N) is 1. The Labute approximate surface area is 178 Å². The number of thiazole rings is 1. The average Bonchev–Trinajstić information content (AvgIpc) is 3.35. The van der Waals surface area contributed by atoms with E-state index in [1.807, 2.05) is 6.07 Å². The Balaban J connectivity index is 1.81. The standard InChI is InChI=1S/C20H23ClN4O3S/c1-12(22)2-3-15(23)9-24-19(26)13-6-14(20-25-10-18(21)29-20)8-17(7-13)28-16-4-5-27-11-16/h2-3,6-8,10,16H,4-5,9,11,22-23H2,1H3,(H,24,26)/b12-2-,15-3-/t16-/m1/s1. The summed E-state index contributed by atoms with van der Waals surface area (Å²) >= 11 is 7.36. The molecule has 1 fully saturated rings. The number of benzene rings is 1. The van der Waals surface area contributed by atoms with Crippen LogP contribution >= 0.6 is 22.9 Å². The van der Waals surface area contributed by atoms with Gasteiger partial charge in [0.25, 0.3) is 5.91 Å². The number of hydrogen-bond donors (Lipinski definition) is 3. The molecule has 9 heteroatoms. The summed E-state index contributed by atoms with van der Waals surface area (Å²) in [7, 11) is 0. The van der Waals surface area contributed by atoms with Gasteiger partial charge < -0.3 is 26.3 Å². The normalized spacial score (nSPS) is 17.4. The topological polar surface area (TPSA) is 112 Å². The summed E-state index contributed by atoms with van der Waals surface area (Å²) in [6, 6.07) is 5.32. The number of nitrogens with zero attached hydrogens (tertiary/aromatic N) is 1. The molecular formula is C20H23ClN4O3S. The molecule has 3 rings (SSSR count). The van der Waals surface area contributed by atoms with E-state index in [4.69, 9.17) is 32.5 Å². The molecule has 1 aromatic carbocycles. The zero-order chi connectivity index (χ0) is 20.8. The van der Waals surface area contributed by atoms with Gasteiger partial charge in [0.15, 0.2) is 0 Å². The van der Waals surface area contributed by atoms with Gasteiger partial charge in [-0.25, -0.2) is 4.98 Å². The Morgan fingerprint density at radius 3 is 2.90 bits per heavy atom. The van der Waals surface area contributed by atoms with Gasteiger partial charge in [0.1, 0.15) is 21.2 Å². The van der Waals surface area contributed by atoms with E-state index >= 15 is 0 Å². The third kappa shape index (κ3) is 6.22. The Bertz CT molecular complexity index is 932. The number of rotatable bonds is 7. The van der Waals surface area contributed by atoms with Crippen molar-refractivity contribution in [2.75, 3.05) is 19.8 Å². The minimum Gasteiger partial charge on any atom is -0.488 e. The van der Waals surface area contributed by atoms with Gasteiger partial charge >= 0.3 is 0 Å². The van der Waals surface area contributed by atoms with Crippen molar-refractivity contribution < 1.29 is 14.3 Å². The molecule has 1 aromatic heterocycles. The number of ether oxygens (including phenoxy) is 2. The van der Waals surface area contributed by atoms with Crippen molar-refractivity contribution in [3.8, 4) is 16.3 Å². The molecule has 29 heavy (non-hydrogen) atoms.